The second kappa shape index (κ2) is 11.6. The average molecular weight is 499 g/mol. The van der Waals surface area contributed by atoms with E-state index in [-0.39, 0.29) is 17.1 Å². The fourth-order valence-corrected chi connectivity index (χ4v) is 4.65. The van der Waals surface area contributed by atoms with Crippen LogP contribution in [0.1, 0.15) is 34.6 Å². The summed E-state index contributed by atoms with van der Waals surface area (Å²) >= 11 is 6.61. The Labute approximate surface area is 210 Å². The number of hydrogen-bond donors (Lipinski definition) is 1. The molecule has 1 aliphatic rings. The van der Waals surface area contributed by atoms with Crippen LogP contribution in [0.2, 0.25) is 5.15 Å². The number of carbonyl (C=O) groups is 1. The first kappa shape index (κ1) is 25.0. The first-order valence-corrected chi connectivity index (χ1v) is 12.1. The van der Waals surface area contributed by atoms with Gasteiger partial charge >= 0.3 is 0 Å². The molecule has 1 N–H and O–H groups in total. The number of ether oxygens (including phenoxy) is 3. The number of amides is 1. The first-order chi connectivity index (χ1) is 17.0. The molecule has 1 amide bonds. The molecule has 1 aliphatic heterocycles. The third-order valence-electron chi connectivity index (χ3n) is 6.05. The van der Waals surface area contributed by atoms with Crippen molar-refractivity contribution in [2.75, 3.05) is 46.6 Å². The summed E-state index contributed by atoms with van der Waals surface area (Å²) in [4.78, 5) is 15.6. The van der Waals surface area contributed by atoms with E-state index in [4.69, 9.17) is 25.8 Å². The molecule has 2 aromatic carbocycles. The number of hydrogen-bond acceptors (Lipinski definition) is 6. The topological polar surface area (TPSA) is 77.9 Å². The van der Waals surface area contributed by atoms with E-state index in [9.17, 15) is 4.79 Å². The number of carbonyl (C=O) groups excluding carboxylic acids is 1. The molecule has 0 saturated carbocycles. The number of nitrogens with one attached hydrogen (secondary N) is 1. The Balaban J connectivity index is 1.57. The Bertz CT molecular complexity index is 1150. The van der Waals surface area contributed by atoms with Gasteiger partial charge in [0.1, 0.15) is 5.15 Å². The van der Waals surface area contributed by atoms with Gasteiger partial charge in [0.15, 0.2) is 11.5 Å². The van der Waals surface area contributed by atoms with E-state index in [1.54, 1.807) is 18.7 Å². The van der Waals surface area contributed by atoms with Crippen LogP contribution >= 0.6 is 11.6 Å². The average Bonchev–Trinajstić information content (AvgIpc) is 3.19. The molecule has 0 aliphatic carbocycles. The molecule has 1 saturated heterocycles. The van der Waals surface area contributed by atoms with Gasteiger partial charge in [-0.05, 0) is 43.7 Å². The van der Waals surface area contributed by atoms with Crippen LogP contribution in [-0.2, 0) is 4.74 Å². The quantitative estimate of drug-likeness (QED) is 0.479. The lowest BCUT2D eigenvalue weighted by Gasteiger charge is -2.35. The number of methoxy groups -OCH3 is 1. The highest BCUT2D eigenvalue weighted by molar-refractivity contribution is 6.33. The van der Waals surface area contributed by atoms with Gasteiger partial charge in [0.25, 0.3) is 5.91 Å². The van der Waals surface area contributed by atoms with Gasteiger partial charge in [0, 0.05) is 19.6 Å². The zero-order valence-electron chi connectivity index (χ0n) is 20.3. The second-order valence-corrected chi connectivity index (χ2v) is 8.57. The highest BCUT2D eigenvalue weighted by Crippen LogP contribution is 2.32. The molecular weight excluding hydrogens is 468 g/mol. The lowest BCUT2D eigenvalue weighted by Crippen LogP contribution is -2.43. The summed E-state index contributed by atoms with van der Waals surface area (Å²) in [5.74, 6) is 1.10. The van der Waals surface area contributed by atoms with E-state index in [1.807, 2.05) is 55.5 Å². The molecule has 0 spiro atoms. The zero-order chi connectivity index (χ0) is 24.8. The van der Waals surface area contributed by atoms with E-state index >= 15 is 0 Å². The van der Waals surface area contributed by atoms with Crippen LogP contribution in [0, 0.1) is 6.92 Å². The van der Waals surface area contributed by atoms with Crippen LogP contribution in [0.5, 0.6) is 11.5 Å². The molecule has 1 fully saturated rings. The van der Waals surface area contributed by atoms with Crippen LogP contribution in [0.15, 0.2) is 48.5 Å². The van der Waals surface area contributed by atoms with Gasteiger partial charge in [-0.1, -0.05) is 35.9 Å². The summed E-state index contributed by atoms with van der Waals surface area (Å²) < 4.78 is 18.4. The molecule has 186 valence electrons. The van der Waals surface area contributed by atoms with Crippen molar-refractivity contribution in [2.45, 2.75) is 19.9 Å². The highest BCUT2D eigenvalue weighted by atomic mass is 35.5. The van der Waals surface area contributed by atoms with Crippen molar-refractivity contribution in [3.05, 3.63) is 70.5 Å². The first-order valence-electron chi connectivity index (χ1n) is 11.7. The molecule has 8 nitrogen and oxygen atoms in total. The predicted octanol–water partition coefficient (Wildman–Crippen LogP) is 4.04. The van der Waals surface area contributed by atoms with E-state index in [1.165, 1.54) is 0 Å². The van der Waals surface area contributed by atoms with Crippen LogP contribution in [-0.4, -0.2) is 67.2 Å². The van der Waals surface area contributed by atoms with Crippen molar-refractivity contribution in [3.63, 3.8) is 0 Å². The summed E-state index contributed by atoms with van der Waals surface area (Å²) in [5, 5.41) is 7.87. The van der Waals surface area contributed by atoms with Gasteiger partial charge in [0.05, 0.1) is 49.9 Å². The molecule has 9 heteroatoms. The summed E-state index contributed by atoms with van der Waals surface area (Å²) in [5.41, 5.74) is 2.77. The summed E-state index contributed by atoms with van der Waals surface area (Å²) in [6, 6.07) is 15.4. The number of halogens is 1. The fourth-order valence-electron chi connectivity index (χ4n) is 4.29. The van der Waals surface area contributed by atoms with E-state index in [0.717, 1.165) is 24.3 Å². The van der Waals surface area contributed by atoms with Gasteiger partial charge in [-0.15, -0.1) is 0 Å². The maximum Gasteiger partial charge on any atom is 0.256 e. The van der Waals surface area contributed by atoms with Gasteiger partial charge in [-0.3, -0.25) is 9.69 Å². The smallest absolute Gasteiger partial charge is 0.256 e. The maximum absolute atomic E-state index is 13.3. The summed E-state index contributed by atoms with van der Waals surface area (Å²) in [6.07, 6.45) is 0. The molecule has 0 bridgehead atoms. The van der Waals surface area contributed by atoms with Crippen LogP contribution < -0.4 is 14.8 Å². The minimum atomic E-state index is -0.258. The van der Waals surface area contributed by atoms with E-state index < -0.39 is 0 Å². The molecule has 1 atom stereocenters. The van der Waals surface area contributed by atoms with Gasteiger partial charge in [-0.25, -0.2) is 4.68 Å². The van der Waals surface area contributed by atoms with E-state index in [0.29, 0.717) is 49.1 Å². The van der Waals surface area contributed by atoms with Crippen molar-refractivity contribution in [1.29, 1.82) is 0 Å². The number of rotatable bonds is 9. The van der Waals surface area contributed by atoms with Crippen molar-refractivity contribution < 1.29 is 19.0 Å². The van der Waals surface area contributed by atoms with Gasteiger partial charge < -0.3 is 19.5 Å². The minimum absolute atomic E-state index is 0.0734. The number of aromatic nitrogens is 2. The number of nitrogens with zero attached hydrogens (tertiary/aromatic N) is 3. The zero-order valence-corrected chi connectivity index (χ0v) is 21.0. The van der Waals surface area contributed by atoms with Crippen LogP contribution in [0.4, 0.5) is 0 Å². The molecule has 4 rings (SSSR count). The Morgan fingerprint density at radius 1 is 1.17 bits per heavy atom. The number of benzene rings is 2. The monoisotopic (exact) mass is 498 g/mol. The molecule has 1 aromatic heterocycles. The normalized spacial score (nSPS) is 15.0. The number of morpholine rings is 1. The fraction of sp³-hybridized carbons (Fsp3) is 0.385. The predicted molar refractivity (Wildman–Crippen MR) is 135 cm³/mol. The van der Waals surface area contributed by atoms with Crippen molar-refractivity contribution in [2.24, 2.45) is 0 Å². The van der Waals surface area contributed by atoms with E-state index in [2.05, 4.69) is 15.3 Å². The maximum atomic E-state index is 13.3. The highest BCUT2D eigenvalue weighted by Gasteiger charge is 2.27. The van der Waals surface area contributed by atoms with Crippen LogP contribution in [0.3, 0.4) is 0 Å². The standard InChI is InChI=1S/C26H31ClN4O4/c1-4-35-22-11-10-19(16-23(22)33-3)21(30-12-14-34-15-13-30)17-28-26(32)24-18(2)29-31(25(24)27)20-8-6-5-7-9-20/h5-11,16,21H,4,12-15,17H2,1-3H3,(H,28,32). The summed E-state index contributed by atoms with van der Waals surface area (Å²) in [7, 11) is 1.63. The Kier molecular flexibility index (Phi) is 8.28. The Hall–Kier alpha value is -3.07. The Morgan fingerprint density at radius 3 is 2.60 bits per heavy atom. The lowest BCUT2D eigenvalue weighted by molar-refractivity contribution is 0.0162. The lowest BCUT2D eigenvalue weighted by atomic mass is 10.0. The van der Waals surface area contributed by atoms with Crippen LogP contribution in [0.25, 0.3) is 5.69 Å². The molecule has 0 radical (unpaired) electrons. The second-order valence-electron chi connectivity index (χ2n) is 8.22. The molecule has 35 heavy (non-hydrogen) atoms. The number of aryl methyl sites for hydroxylation is 1. The van der Waals surface area contributed by atoms with Crippen molar-refractivity contribution >= 4 is 17.5 Å². The van der Waals surface area contributed by atoms with Crippen molar-refractivity contribution in [1.82, 2.24) is 20.0 Å². The molecule has 3 aromatic rings. The third kappa shape index (κ3) is 5.61. The molecule has 2 heterocycles. The largest absolute Gasteiger partial charge is 0.493 e. The van der Waals surface area contributed by atoms with Gasteiger partial charge in [0.2, 0.25) is 0 Å². The SMILES string of the molecule is CCOc1ccc(C(CNC(=O)c2c(C)nn(-c3ccccc3)c2Cl)N2CCOCC2)cc1OC. The molecular formula is C26H31ClN4O4. The third-order valence-corrected chi connectivity index (χ3v) is 6.40. The molecule has 1 unspecified atom stereocenters. The Morgan fingerprint density at radius 2 is 1.91 bits per heavy atom. The number of para-hydroxylation sites is 1. The minimum Gasteiger partial charge on any atom is -0.493 e. The summed E-state index contributed by atoms with van der Waals surface area (Å²) in [6.45, 7) is 7.49. The van der Waals surface area contributed by atoms with Gasteiger partial charge in [-0.2, -0.15) is 5.10 Å². The van der Waals surface area contributed by atoms with Crippen molar-refractivity contribution in [3.8, 4) is 17.2 Å².